The molecule has 4 aromatic carbocycles. The second-order valence-electron chi connectivity index (χ2n) is 8.68. The van der Waals surface area contributed by atoms with E-state index >= 15 is 0 Å². The molecule has 0 atom stereocenters. The summed E-state index contributed by atoms with van der Waals surface area (Å²) in [5.41, 5.74) is 9.29. The van der Waals surface area contributed by atoms with Gasteiger partial charge in [0.25, 0.3) is 0 Å². The number of phenolic OH excluding ortho intramolecular Hbond substituents is 2. The summed E-state index contributed by atoms with van der Waals surface area (Å²) in [5.74, 6) is 0.751. The molecule has 188 valence electrons. The van der Waals surface area contributed by atoms with Crippen molar-refractivity contribution in [3.8, 4) is 11.5 Å². The number of aromatic hydroxyl groups is 2. The first kappa shape index (κ1) is 33.0. The van der Waals surface area contributed by atoms with Crippen LogP contribution in [0.25, 0.3) is 0 Å². The second kappa shape index (κ2) is 18.3. The van der Waals surface area contributed by atoms with E-state index in [1.807, 2.05) is 90.1 Å². The van der Waals surface area contributed by atoms with Crippen LogP contribution in [-0.4, -0.2) is 10.2 Å². The summed E-state index contributed by atoms with van der Waals surface area (Å²) in [4.78, 5) is 0. The minimum atomic E-state index is 0.376. The third kappa shape index (κ3) is 15.1. The first-order valence-electron chi connectivity index (χ1n) is 11.6. The van der Waals surface area contributed by atoms with Crippen molar-refractivity contribution in [2.75, 3.05) is 0 Å². The molecule has 36 heavy (non-hydrogen) atoms. The van der Waals surface area contributed by atoms with Gasteiger partial charge in [0.1, 0.15) is 11.5 Å². The van der Waals surface area contributed by atoms with Crippen molar-refractivity contribution in [1.82, 2.24) is 0 Å². The zero-order valence-electron chi connectivity index (χ0n) is 22.7. The van der Waals surface area contributed by atoms with Gasteiger partial charge in [0, 0.05) is 0 Å². The fourth-order valence-electron chi connectivity index (χ4n) is 3.08. The fourth-order valence-corrected chi connectivity index (χ4v) is 3.08. The first-order valence-corrected chi connectivity index (χ1v) is 12.2. The van der Waals surface area contributed by atoms with Gasteiger partial charge in [-0.1, -0.05) is 63.1 Å². The summed E-state index contributed by atoms with van der Waals surface area (Å²) in [5, 5.41) is 18.1. The van der Waals surface area contributed by atoms with E-state index < -0.39 is 0 Å². The quantitative estimate of drug-likeness (QED) is 0.183. The van der Waals surface area contributed by atoms with Gasteiger partial charge in [-0.15, -0.1) is 0 Å². The second-order valence-corrected chi connectivity index (χ2v) is 8.68. The summed E-state index contributed by atoms with van der Waals surface area (Å²) in [6.07, 6.45) is 0. The summed E-state index contributed by atoms with van der Waals surface area (Å²) in [6.45, 7) is 16.1. The molecule has 0 bridgehead atoms. The van der Waals surface area contributed by atoms with E-state index in [1.54, 1.807) is 12.1 Å². The maximum absolute atomic E-state index is 9.04. The minimum absolute atomic E-state index is 0.376. The monoisotopic (exact) mass is 518 g/mol. The molecule has 0 aliphatic carbocycles. The topological polar surface area (TPSA) is 57.5 Å². The van der Waals surface area contributed by atoms with Crippen molar-refractivity contribution in [3.05, 3.63) is 129 Å². The van der Waals surface area contributed by atoms with E-state index in [-0.39, 0.29) is 0 Å². The zero-order valence-corrected chi connectivity index (χ0v) is 24.3. The van der Waals surface area contributed by atoms with E-state index in [9.17, 15) is 0 Å². The van der Waals surface area contributed by atoms with Gasteiger partial charge in [-0.2, -0.15) is 70.8 Å². The van der Waals surface area contributed by atoms with Crippen LogP contribution >= 0.6 is 0 Å². The molecular weight excluding hydrogens is 480 g/mol. The Morgan fingerprint density at radius 3 is 1.00 bits per heavy atom. The van der Waals surface area contributed by atoms with Crippen LogP contribution in [0.15, 0.2) is 72.8 Å². The molecule has 0 amide bonds. The average molecular weight is 519 g/mol. The van der Waals surface area contributed by atoms with Gasteiger partial charge < -0.3 is 10.2 Å². The molecule has 0 aliphatic rings. The predicted molar refractivity (Wildman–Crippen MR) is 145 cm³/mol. The Labute approximate surface area is 229 Å². The van der Waals surface area contributed by atoms with Crippen molar-refractivity contribution < 1.29 is 33.9 Å². The molecule has 0 saturated heterocycles. The molecule has 0 saturated carbocycles. The normalized spacial score (nSPS) is 9.06. The Morgan fingerprint density at radius 1 is 0.500 bits per heavy atom. The Bertz CT molecular complexity index is 1060. The fraction of sp³-hybridized carbons (Fsp3) is 0.250. The van der Waals surface area contributed by atoms with Crippen LogP contribution in [0, 0.1) is 67.5 Å². The summed E-state index contributed by atoms with van der Waals surface area (Å²) in [6, 6.07) is 29.5. The van der Waals surface area contributed by atoms with E-state index in [2.05, 4.69) is 38.1 Å². The van der Waals surface area contributed by atoms with Gasteiger partial charge in [0.15, 0.2) is 0 Å². The number of rotatable bonds is 0. The number of aryl methyl sites for hydroxylation is 8. The van der Waals surface area contributed by atoms with Crippen molar-refractivity contribution >= 4 is 0 Å². The van der Waals surface area contributed by atoms with Crippen LogP contribution in [0.4, 0.5) is 0 Å². The SMILES string of the molecule is Cc1[c-]ccc(C)c1.Cc1[c-]ccc(C)c1.Cc1ccc(O)c(C)c1.Cc1ccc(O)c(C)c1.[O]=[Ti+2]. The maximum atomic E-state index is 9.04. The summed E-state index contributed by atoms with van der Waals surface area (Å²) in [7, 11) is 0. The van der Waals surface area contributed by atoms with Crippen molar-refractivity contribution in [2.45, 2.75) is 55.4 Å². The third-order valence-corrected chi connectivity index (χ3v) is 4.91. The number of phenols is 2. The van der Waals surface area contributed by atoms with E-state index in [4.69, 9.17) is 13.5 Å². The molecule has 0 spiro atoms. The van der Waals surface area contributed by atoms with Crippen LogP contribution in [-0.2, 0) is 23.7 Å². The molecule has 0 unspecified atom stereocenters. The molecule has 4 heteroatoms. The van der Waals surface area contributed by atoms with Gasteiger partial charge in [-0.05, 0) is 51.0 Å². The van der Waals surface area contributed by atoms with Gasteiger partial charge in [0.05, 0.1) is 0 Å². The number of benzene rings is 4. The van der Waals surface area contributed by atoms with Gasteiger partial charge in [-0.3, -0.25) is 0 Å². The van der Waals surface area contributed by atoms with E-state index in [1.165, 1.54) is 33.4 Å². The molecule has 3 nitrogen and oxygen atoms in total. The molecule has 0 aliphatic heterocycles. The van der Waals surface area contributed by atoms with E-state index in [0.717, 1.165) is 31.5 Å². The Hall–Kier alpha value is -3.01. The predicted octanol–water partition coefficient (Wildman–Crippen LogP) is 8.10. The number of hydrogen-bond donors (Lipinski definition) is 2. The molecule has 0 heterocycles. The Balaban J connectivity index is 0.000000444. The molecule has 4 aromatic rings. The van der Waals surface area contributed by atoms with Crippen molar-refractivity contribution in [2.24, 2.45) is 0 Å². The molecule has 2 N–H and O–H groups in total. The first-order chi connectivity index (χ1) is 17.0. The van der Waals surface area contributed by atoms with E-state index in [0.29, 0.717) is 11.5 Å². The molecule has 0 radical (unpaired) electrons. The Morgan fingerprint density at radius 2 is 0.806 bits per heavy atom. The van der Waals surface area contributed by atoms with Crippen LogP contribution in [0.1, 0.15) is 44.5 Å². The van der Waals surface area contributed by atoms with Crippen LogP contribution in [0.5, 0.6) is 11.5 Å². The van der Waals surface area contributed by atoms with Crippen molar-refractivity contribution in [1.29, 1.82) is 0 Å². The van der Waals surface area contributed by atoms with Crippen LogP contribution in [0.3, 0.4) is 0 Å². The Kier molecular flexibility index (Phi) is 16.8. The van der Waals surface area contributed by atoms with Gasteiger partial charge in [-0.25, -0.2) is 0 Å². The summed E-state index contributed by atoms with van der Waals surface area (Å²) < 4.78 is 8.25. The van der Waals surface area contributed by atoms with Gasteiger partial charge in [0.2, 0.25) is 0 Å². The summed E-state index contributed by atoms with van der Waals surface area (Å²) >= 11 is 0.750. The standard InChI is InChI=1S/2C8H10O.2C8H9.O.Ti/c2*1-6-3-4-8(9)7(2)5-6;2*1-7-4-3-5-8(2)6-7;;/h2*3-5,9H,1-2H3;2*3-4,6H,1-2H3;;/q;;2*-1;;+2. The molecule has 0 fully saturated rings. The van der Waals surface area contributed by atoms with Gasteiger partial charge >= 0.3 is 23.7 Å². The van der Waals surface area contributed by atoms with Crippen LogP contribution < -0.4 is 0 Å². The molecular formula is C32H38O3Ti. The average Bonchev–Trinajstić information content (AvgIpc) is 2.81. The third-order valence-electron chi connectivity index (χ3n) is 4.91. The molecule has 0 aromatic heterocycles. The zero-order chi connectivity index (χ0) is 27.7. The molecule has 4 rings (SSSR count). The number of hydrogen-bond acceptors (Lipinski definition) is 3. The van der Waals surface area contributed by atoms with Crippen molar-refractivity contribution in [3.63, 3.8) is 0 Å². The van der Waals surface area contributed by atoms with Crippen LogP contribution in [0.2, 0.25) is 0 Å².